The van der Waals surface area contributed by atoms with Gasteiger partial charge in [0.05, 0.1) is 23.1 Å². The summed E-state index contributed by atoms with van der Waals surface area (Å²) in [7, 11) is 0. The van der Waals surface area contributed by atoms with E-state index in [0.717, 1.165) is 23.8 Å². The van der Waals surface area contributed by atoms with E-state index in [1.54, 1.807) is 6.92 Å². The molecule has 5 aromatic rings. The normalized spacial score (nSPS) is 11.7. The molecule has 0 atom stereocenters. The second kappa shape index (κ2) is 8.48. The number of H-pyrrole nitrogens is 1. The van der Waals surface area contributed by atoms with Crippen LogP contribution in [0.4, 0.5) is 19.0 Å². The van der Waals surface area contributed by atoms with Crippen LogP contribution in [0.25, 0.3) is 22.7 Å². The highest BCUT2D eigenvalue weighted by atomic mass is 19.4. The lowest BCUT2D eigenvalue weighted by Gasteiger charge is -2.11. The van der Waals surface area contributed by atoms with Gasteiger partial charge in [-0.2, -0.15) is 33.0 Å². The molecule has 0 unspecified atom stereocenters. The van der Waals surface area contributed by atoms with E-state index in [-0.39, 0.29) is 28.4 Å². The Labute approximate surface area is 201 Å². The summed E-state index contributed by atoms with van der Waals surface area (Å²) in [6, 6.07) is 13.0. The number of carbonyl (C=O) groups is 1. The molecule has 0 aliphatic carbocycles. The van der Waals surface area contributed by atoms with Crippen LogP contribution in [0, 0.1) is 13.8 Å². The van der Waals surface area contributed by atoms with Crippen molar-refractivity contribution in [2.24, 2.45) is 0 Å². The molecule has 2 N–H and O–H groups in total. The van der Waals surface area contributed by atoms with Crippen LogP contribution < -0.4 is 10.9 Å². The molecule has 0 radical (unpaired) electrons. The van der Waals surface area contributed by atoms with E-state index in [4.69, 9.17) is 0 Å². The first-order chi connectivity index (χ1) is 17.1. The Balaban J connectivity index is 1.55. The summed E-state index contributed by atoms with van der Waals surface area (Å²) in [5, 5.41) is 11.4. The number of alkyl halides is 3. The molecule has 0 bridgehead atoms. The molecule has 9 nitrogen and oxygen atoms in total. The van der Waals surface area contributed by atoms with Crippen molar-refractivity contribution < 1.29 is 18.0 Å². The van der Waals surface area contributed by atoms with Gasteiger partial charge in [-0.3, -0.25) is 14.6 Å². The van der Waals surface area contributed by atoms with Crippen LogP contribution in [0.3, 0.4) is 0 Å². The van der Waals surface area contributed by atoms with Gasteiger partial charge >= 0.3 is 6.18 Å². The average molecular weight is 493 g/mol. The van der Waals surface area contributed by atoms with Crippen LogP contribution in [0.5, 0.6) is 0 Å². The zero-order valence-corrected chi connectivity index (χ0v) is 19.0. The van der Waals surface area contributed by atoms with E-state index in [2.05, 4.69) is 25.5 Å². The molecule has 12 heteroatoms. The maximum atomic E-state index is 13.1. The number of rotatable bonds is 4. The third-order valence-corrected chi connectivity index (χ3v) is 5.40. The van der Waals surface area contributed by atoms with Crippen molar-refractivity contribution in [3.63, 3.8) is 0 Å². The van der Waals surface area contributed by atoms with Gasteiger partial charge in [0, 0.05) is 11.6 Å². The van der Waals surface area contributed by atoms with Gasteiger partial charge in [-0.05, 0) is 49.7 Å². The number of hydrogen-bond acceptors (Lipinski definition) is 5. The second-order valence-corrected chi connectivity index (χ2v) is 8.14. The van der Waals surface area contributed by atoms with Crippen molar-refractivity contribution >= 4 is 22.8 Å². The number of aromatic nitrogens is 6. The molecule has 3 aromatic heterocycles. The Morgan fingerprint density at radius 2 is 1.81 bits per heavy atom. The van der Waals surface area contributed by atoms with E-state index >= 15 is 0 Å². The fourth-order valence-corrected chi connectivity index (χ4v) is 3.73. The van der Waals surface area contributed by atoms with E-state index in [9.17, 15) is 22.8 Å². The fourth-order valence-electron chi connectivity index (χ4n) is 3.73. The first-order valence-electron chi connectivity index (χ1n) is 10.7. The molecule has 0 saturated carbocycles. The number of carbonyl (C=O) groups excluding carboxylic acids is 1. The van der Waals surface area contributed by atoms with E-state index < -0.39 is 23.2 Å². The summed E-state index contributed by atoms with van der Waals surface area (Å²) in [6.07, 6.45) is -3.19. The van der Waals surface area contributed by atoms with Gasteiger partial charge in [0.2, 0.25) is 5.95 Å². The summed E-state index contributed by atoms with van der Waals surface area (Å²) in [6.45, 7) is 3.58. The molecular weight excluding hydrogens is 475 g/mol. The van der Waals surface area contributed by atoms with Crippen LogP contribution in [0.2, 0.25) is 0 Å². The maximum Gasteiger partial charge on any atom is 0.416 e. The molecule has 0 saturated heterocycles. The first-order valence-corrected chi connectivity index (χ1v) is 10.7. The number of nitrogens with zero attached hydrogens (tertiary/aromatic N) is 5. The van der Waals surface area contributed by atoms with Crippen molar-refractivity contribution in [3.8, 4) is 11.6 Å². The molecule has 5 rings (SSSR count). The predicted octanol–water partition coefficient (Wildman–Crippen LogP) is 4.18. The minimum Gasteiger partial charge on any atom is -0.306 e. The van der Waals surface area contributed by atoms with Crippen LogP contribution in [0.1, 0.15) is 27.2 Å². The van der Waals surface area contributed by atoms with E-state index in [1.807, 2.05) is 31.2 Å². The van der Waals surface area contributed by atoms with Crippen molar-refractivity contribution in [2.75, 3.05) is 5.32 Å². The molecule has 182 valence electrons. The molecule has 0 aliphatic rings. The highest BCUT2D eigenvalue weighted by Gasteiger charge is 2.31. The van der Waals surface area contributed by atoms with Gasteiger partial charge in [0.15, 0.2) is 5.65 Å². The monoisotopic (exact) mass is 493 g/mol. The molecule has 1 amide bonds. The molecule has 0 spiro atoms. The lowest BCUT2D eigenvalue weighted by atomic mass is 10.1. The number of halogens is 3. The van der Waals surface area contributed by atoms with Gasteiger partial charge < -0.3 is 5.32 Å². The maximum absolute atomic E-state index is 13.1. The number of amides is 1. The highest BCUT2D eigenvalue weighted by molar-refractivity contribution is 6.04. The van der Waals surface area contributed by atoms with E-state index in [1.165, 1.54) is 27.7 Å². The summed E-state index contributed by atoms with van der Waals surface area (Å²) >= 11 is 0. The van der Waals surface area contributed by atoms with Gasteiger partial charge in [-0.25, -0.2) is 4.68 Å². The van der Waals surface area contributed by atoms with Gasteiger partial charge in [-0.15, -0.1) is 0 Å². The van der Waals surface area contributed by atoms with Gasteiger partial charge in [0.1, 0.15) is 11.2 Å². The van der Waals surface area contributed by atoms with Crippen LogP contribution >= 0.6 is 0 Å². The standard InChI is InChI=1S/C24H18F3N7O2/c1-13-5-3-8-17(9-13)33-20-18(12-28-33)22(36)31-23(30-20)34-19(10-14(2)32-34)29-21(35)15-6-4-7-16(11-15)24(25,26)27/h3-12H,1-2H3,(H,29,35)(H,30,31,36). The quantitative estimate of drug-likeness (QED) is 0.390. The van der Waals surface area contributed by atoms with Crippen molar-refractivity contribution in [3.05, 3.63) is 93.5 Å². The largest absolute Gasteiger partial charge is 0.416 e. The van der Waals surface area contributed by atoms with E-state index in [0.29, 0.717) is 11.4 Å². The summed E-state index contributed by atoms with van der Waals surface area (Å²) in [4.78, 5) is 32.7. The third kappa shape index (κ3) is 4.24. The summed E-state index contributed by atoms with van der Waals surface area (Å²) < 4.78 is 41.9. The predicted molar refractivity (Wildman–Crippen MR) is 125 cm³/mol. The topological polar surface area (TPSA) is 110 Å². The summed E-state index contributed by atoms with van der Waals surface area (Å²) in [5.41, 5.74) is 0.821. The van der Waals surface area contributed by atoms with Crippen LogP contribution in [-0.4, -0.2) is 35.4 Å². The number of aryl methyl sites for hydroxylation is 2. The number of fused-ring (bicyclic) bond motifs is 1. The number of benzene rings is 2. The Morgan fingerprint density at radius 1 is 1.03 bits per heavy atom. The minimum atomic E-state index is -4.59. The molecule has 36 heavy (non-hydrogen) atoms. The summed E-state index contributed by atoms with van der Waals surface area (Å²) in [5.74, 6) is -0.677. The number of hydrogen-bond donors (Lipinski definition) is 2. The minimum absolute atomic E-state index is 0.00524. The van der Waals surface area contributed by atoms with Crippen molar-refractivity contribution in [1.29, 1.82) is 0 Å². The Hall–Kier alpha value is -4.74. The van der Waals surface area contributed by atoms with Crippen LogP contribution in [-0.2, 0) is 6.18 Å². The van der Waals surface area contributed by atoms with Crippen molar-refractivity contribution in [1.82, 2.24) is 29.5 Å². The number of nitrogens with one attached hydrogen (secondary N) is 2. The van der Waals surface area contributed by atoms with Crippen LogP contribution in [0.15, 0.2) is 65.6 Å². The SMILES string of the molecule is Cc1cccc(-n2ncc3c(=O)[nH]c(-n4nc(C)cc4NC(=O)c4cccc(C(F)(F)F)c4)nc32)c1. The molecular formula is C24H18F3N7O2. The number of aromatic amines is 1. The molecule has 2 aromatic carbocycles. The zero-order chi connectivity index (χ0) is 25.6. The first kappa shape index (κ1) is 23.0. The fraction of sp³-hybridized carbons (Fsp3) is 0.125. The Kier molecular flexibility index (Phi) is 5.43. The molecule has 0 fully saturated rings. The average Bonchev–Trinajstić information content (AvgIpc) is 3.42. The number of anilines is 1. The Bertz CT molecular complexity index is 1680. The van der Waals surface area contributed by atoms with Gasteiger partial charge in [0.25, 0.3) is 11.5 Å². The van der Waals surface area contributed by atoms with Gasteiger partial charge in [-0.1, -0.05) is 18.2 Å². The highest BCUT2D eigenvalue weighted by Crippen LogP contribution is 2.29. The lowest BCUT2D eigenvalue weighted by Crippen LogP contribution is -2.19. The zero-order valence-electron chi connectivity index (χ0n) is 19.0. The molecule has 3 heterocycles. The molecule has 0 aliphatic heterocycles. The Morgan fingerprint density at radius 3 is 2.56 bits per heavy atom. The van der Waals surface area contributed by atoms with Crippen molar-refractivity contribution in [2.45, 2.75) is 20.0 Å². The smallest absolute Gasteiger partial charge is 0.306 e. The lowest BCUT2D eigenvalue weighted by molar-refractivity contribution is -0.137. The third-order valence-electron chi connectivity index (χ3n) is 5.40. The second-order valence-electron chi connectivity index (χ2n) is 8.14.